The van der Waals surface area contributed by atoms with E-state index in [0.717, 1.165) is 5.57 Å². The quantitative estimate of drug-likeness (QED) is 0.609. The van der Waals surface area contributed by atoms with Crippen LogP contribution < -0.4 is 0 Å². The van der Waals surface area contributed by atoms with Gasteiger partial charge < -0.3 is 15.0 Å². The van der Waals surface area contributed by atoms with E-state index in [4.69, 9.17) is 4.74 Å². The number of hydrogen-bond acceptors (Lipinski definition) is 4. The van der Waals surface area contributed by atoms with E-state index in [1.54, 1.807) is 13.8 Å². The molecule has 0 spiro atoms. The van der Waals surface area contributed by atoms with Crippen LogP contribution in [0.2, 0.25) is 0 Å². The van der Waals surface area contributed by atoms with E-state index in [9.17, 15) is 10.0 Å². The van der Waals surface area contributed by atoms with Gasteiger partial charge in [0.2, 0.25) is 0 Å². The first-order chi connectivity index (χ1) is 6.00. The first-order valence-corrected chi connectivity index (χ1v) is 4.31. The summed E-state index contributed by atoms with van der Waals surface area (Å²) >= 11 is 0. The average Bonchev–Trinajstić information content (AvgIpc) is 2.28. The highest BCUT2D eigenvalue weighted by Crippen LogP contribution is 2.31. The van der Waals surface area contributed by atoms with Crippen LogP contribution in [0.5, 0.6) is 0 Å². The number of esters is 1. The second-order valence-corrected chi connectivity index (χ2v) is 3.47. The Kier molecular flexibility index (Phi) is 2.61. The van der Waals surface area contributed by atoms with E-state index in [1.807, 2.05) is 6.92 Å². The zero-order valence-electron chi connectivity index (χ0n) is 8.16. The van der Waals surface area contributed by atoms with Gasteiger partial charge in [0.15, 0.2) is 0 Å². The van der Waals surface area contributed by atoms with E-state index >= 15 is 0 Å². The monoisotopic (exact) mass is 184 g/mol. The molecule has 1 unspecified atom stereocenters. The van der Waals surface area contributed by atoms with Gasteiger partial charge in [-0.05, 0) is 27.0 Å². The number of carbonyl (C=O) groups excluding carboxylic acids is 1. The Labute approximate surface area is 77.7 Å². The Morgan fingerprint density at radius 3 is 2.85 bits per heavy atom. The van der Waals surface area contributed by atoms with Gasteiger partial charge in [-0.3, -0.25) is 0 Å². The number of rotatable bonds is 2. The van der Waals surface area contributed by atoms with Gasteiger partial charge in [0.05, 0.1) is 6.61 Å². The summed E-state index contributed by atoms with van der Waals surface area (Å²) in [4.78, 5) is 11.4. The third-order valence-electron chi connectivity index (χ3n) is 2.16. The molecule has 0 N–H and O–H groups in total. The van der Waals surface area contributed by atoms with Crippen LogP contribution in [0.15, 0.2) is 11.8 Å². The van der Waals surface area contributed by atoms with Crippen molar-refractivity contribution in [3.05, 3.63) is 17.0 Å². The predicted octanol–water partition coefficient (Wildman–Crippen LogP) is 1.42. The Bertz CT molecular complexity index is 249. The molecule has 0 aromatic rings. The lowest BCUT2D eigenvalue weighted by Gasteiger charge is -2.38. The molecule has 13 heavy (non-hydrogen) atoms. The van der Waals surface area contributed by atoms with Gasteiger partial charge in [0.1, 0.15) is 5.54 Å². The minimum Gasteiger partial charge on any atom is -0.758 e. The van der Waals surface area contributed by atoms with Crippen LogP contribution in [0.3, 0.4) is 0 Å². The summed E-state index contributed by atoms with van der Waals surface area (Å²) in [5, 5.41) is 12.0. The first kappa shape index (κ1) is 10.1. The summed E-state index contributed by atoms with van der Waals surface area (Å²) in [6.07, 6.45) is 1.90. The lowest BCUT2D eigenvalue weighted by atomic mass is 9.97. The van der Waals surface area contributed by atoms with Crippen LogP contribution in [0.25, 0.3) is 0 Å². The van der Waals surface area contributed by atoms with Gasteiger partial charge >= 0.3 is 5.97 Å². The summed E-state index contributed by atoms with van der Waals surface area (Å²) in [6, 6.07) is 0. The molecule has 0 amide bonds. The van der Waals surface area contributed by atoms with Crippen molar-refractivity contribution in [1.82, 2.24) is 5.06 Å². The molecule has 0 aliphatic carbocycles. The van der Waals surface area contributed by atoms with Crippen LogP contribution in [0.4, 0.5) is 0 Å². The molecule has 1 aliphatic heterocycles. The van der Waals surface area contributed by atoms with Gasteiger partial charge in [-0.25, -0.2) is 4.79 Å². The molecule has 0 saturated carbocycles. The molecule has 0 bridgehead atoms. The molecule has 0 aromatic carbocycles. The van der Waals surface area contributed by atoms with Crippen LogP contribution in [-0.4, -0.2) is 23.2 Å². The van der Waals surface area contributed by atoms with Crippen molar-refractivity contribution in [3.63, 3.8) is 0 Å². The zero-order valence-corrected chi connectivity index (χ0v) is 8.16. The molecular weight excluding hydrogens is 170 g/mol. The van der Waals surface area contributed by atoms with Crippen molar-refractivity contribution in [3.8, 4) is 0 Å². The fraction of sp³-hybridized carbons (Fsp3) is 0.667. The highest BCUT2D eigenvalue weighted by atomic mass is 16.6. The molecule has 0 saturated heterocycles. The fourth-order valence-corrected chi connectivity index (χ4v) is 1.46. The Morgan fingerprint density at radius 1 is 1.85 bits per heavy atom. The lowest BCUT2D eigenvalue weighted by molar-refractivity contribution is -0.153. The second kappa shape index (κ2) is 3.38. The van der Waals surface area contributed by atoms with Crippen LogP contribution >= 0.6 is 0 Å². The maximum atomic E-state index is 11.4. The van der Waals surface area contributed by atoms with Crippen LogP contribution in [-0.2, 0) is 9.53 Å². The smallest absolute Gasteiger partial charge is 0.331 e. The molecule has 0 fully saturated rings. The van der Waals surface area contributed by atoms with Crippen molar-refractivity contribution < 1.29 is 9.53 Å². The minimum absolute atomic E-state index is 0.307. The topological polar surface area (TPSA) is 52.6 Å². The number of ether oxygens (including phenoxy) is 1. The predicted molar refractivity (Wildman–Crippen MR) is 48.6 cm³/mol. The van der Waals surface area contributed by atoms with Crippen molar-refractivity contribution in [2.24, 2.45) is 0 Å². The number of hydrogen-bond donors (Lipinski definition) is 0. The molecular formula is C9H14NO3-. The van der Waals surface area contributed by atoms with Gasteiger partial charge in [0, 0.05) is 6.42 Å². The maximum absolute atomic E-state index is 11.4. The Balaban J connectivity index is 2.74. The summed E-state index contributed by atoms with van der Waals surface area (Å²) < 4.78 is 4.83. The summed E-state index contributed by atoms with van der Waals surface area (Å²) in [6.45, 7) is 5.47. The summed E-state index contributed by atoms with van der Waals surface area (Å²) in [7, 11) is 0. The first-order valence-electron chi connectivity index (χ1n) is 4.31. The third kappa shape index (κ3) is 1.67. The van der Waals surface area contributed by atoms with Crippen molar-refractivity contribution in [2.45, 2.75) is 32.7 Å². The molecule has 1 rings (SSSR count). The van der Waals surface area contributed by atoms with Crippen molar-refractivity contribution >= 4 is 5.97 Å². The lowest BCUT2D eigenvalue weighted by Crippen LogP contribution is -2.45. The third-order valence-corrected chi connectivity index (χ3v) is 2.16. The van der Waals surface area contributed by atoms with Crippen molar-refractivity contribution in [2.75, 3.05) is 6.61 Å². The molecule has 0 radical (unpaired) electrons. The second-order valence-electron chi connectivity index (χ2n) is 3.47. The Hall–Kier alpha value is -1.03. The van der Waals surface area contributed by atoms with Gasteiger partial charge in [-0.15, -0.1) is 0 Å². The molecule has 1 heterocycles. The molecule has 0 aromatic heterocycles. The summed E-state index contributed by atoms with van der Waals surface area (Å²) in [5.41, 5.74) is -0.134. The van der Waals surface area contributed by atoms with Gasteiger partial charge in [-0.2, -0.15) is 0 Å². The molecule has 1 atom stereocenters. The normalized spacial score (nSPS) is 27.4. The average molecular weight is 184 g/mol. The fourth-order valence-electron chi connectivity index (χ4n) is 1.46. The van der Waals surface area contributed by atoms with E-state index in [-0.39, 0.29) is 0 Å². The number of nitrogens with zero attached hydrogens (tertiary/aromatic N) is 1. The molecule has 4 nitrogen and oxygen atoms in total. The van der Waals surface area contributed by atoms with Gasteiger partial charge in [-0.1, -0.05) is 5.57 Å². The van der Waals surface area contributed by atoms with E-state index in [2.05, 4.69) is 0 Å². The van der Waals surface area contributed by atoms with E-state index < -0.39 is 11.5 Å². The molecule has 4 heteroatoms. The van der Waals surface area contributed by atoms with Crippen molar-refractivity contribution in [1.29, 1.82) is 0 Å². The van der Waals surface area contributed by atoms with E-state index in [1.165, 1.54) is 6.20 Å². The maximum Gasteiger partial charge on any atom is 0.331 e. The number of carbonyl (C=O) groups is 1. The standard InChI is InChI=1S/C9H14NO3/c1-4-13-8(11)9(3)5-7(2)6-10(9)12/h6H,4-5H2,1-3H3/q-1. The minimum atomic E-state index is -1.04. The summed E-state index contributed by atoms with van der Waals surface area (Å²) in [5.74, 6) is -0.446. The van der Waals surface area contributed by atoms with Crippen LogP contribution in [0, 0.1) is 5.21 Å². The molecule has 1 aliphatic rings. The van der Waals surface area contributed by atoms with Crippen LogP contribution in [0.1, 0.15) is 27.2 Å². The van der Waals surface area contributed by atoms with E-state index in [0.29, 0.717) is 18.1 Å². The number of hydroxylamine groups is 2. The highest BCUT2D eigenvalue weighted by Gasteiger charge is 2.39. The van der Waals surface area contributed by atoms with Gasteiger partial charge in [0.25, 0.3) is 0 Å². The Morgan fingerprint density at radius 2 is 2.46 bits per heavy atom. The molecule has 74 valence electrons. The zero-order chi connectivity index (χ0) is 10.1. The highest BCUT2D eigenvalue weighted by molar-refractivity contribution is 5.81. The SMILES string of the molecule is CCOC(=O)C1(C)CC(C)=CN1[O-]. The largest absolute Gasteiger partial charge is 0.758 e.